The van der Waals surface area contributed by atoms with Crippen LogP contribution in [-0.4, -0.2) is 0 Å². The first-order valence-electron chi connectivity index (χ1n) is 10.1. The molecule has 0 aliphatic heterocycles. The van der Waals surface area contributed by atoms with Crippen molar-refractivity contribution in [1.29, 1.82) is 5.26 Å². The molecule has 0 heterocycles. The molecular weight excluding hydrogens is 376 g/mol. The van der Waals surface area contributed by atoms with E-state index in [2.05, 4.69) is 50.1 Å². The van der Waals surface area contributed by atoms with Gasteiger partial charge in [-0.15, -0.1) is 0 Å². The van der Waals surface area contributed by atoms with E-state index >= 15 is 0 Å². The van der Waals surface area contributed by atoms with Crippen LogP contribution in [0.1, 0.15) is 36.1 Å². The fourth-order valence-corrected chi connectivity index (χ4v) is 4.11. The largest absolute Gasteiger partial charge is 0.390 e. The monoisotopic (exact) mass is 402 g/mol. The second-order valence-corrected chi connectivity index (χ2v) is 7.13. The molecule has 0 radical (unpaired) electrons. The van der Waals surface area contributed by atoms with Crippen molar-refractivity contribution in [3.63, 3.8) is 0 Å². The number of nitrogens with zero attached hydrogens (tertiary/aromatic N) is 1. The highest BCUT2D eigenvalue weighted by atomic mass is 14.6. The Balaban J connectivity index is 2.59. The van der Waals surface area contributed by atoms with E-state index in [1.165, 1.54) is 0 Å². The van der Waals surface area contributed by atoms with Gasteiger partial charge < -0.3 is 5.73 Å². The predicted molar refractivity (Wildman–Crippen MR) is 137 cm³/mol. The van der Waals surface area contributed by atoms with E-state index in [-0.39, 0.29) is 5.70 Å². The molecule has 152 valence electrons. The smallest absolute Gasteiger partial charge is 0.117 e. The van der Waals surface area contributed by atoms with Crippen molar-refractivity contribution in [2.45, 2.75) is 13.8 Å². The van der Waals surface area contributed by atoms with E-state index in [9.17, 15) is 5.26 Å². The van der Waals surface area contributed by atoms with Gasteiger partial charge in [0.25, 0.3) is 0 Å². The summed E-state index contributed by atoms with van der Waals surface area (Å²) < 4.78 is 0. The molecule has 0 saturated carbocycles. The second kappa shape index (κ2) is 9.15. The summed E-state index contributed by atoms with van der Waals surface area (Å²) in [6.07, 6.45) is 11.4. The van der Waals surface area contributed by atoms with Crippen LogP contribution in [0.5, 0.6) is 0 Å². The Hall–Kier alpha value is -4.09. The number of hydrogen-bond donors (Lipinski definition) is 1. The minimum Gasteiger partial charge on any atom is -0.390 e. The Kier molecular flexibility index (Phi) is 6.38. The third kappa shape index (κ3) is 3.74. The Labute approximate surface area is 184 Å². The van der Waals surface area contributed by atoms with Crippen molar-refractivity contribution in [2.75, 3.05) is 0 Å². The van der Waals surface area contributed by atoms with Crippen molar-refractivity contribution in [1.82, 2.24) is 0 Å². The summed E-state index contributed by atoms with van der Waals surface area (Å²) in [4.78, 5) is 0. The zero-order chi connectivity index (χ0) is 22.5. The topological polar surface area (TPSA) is 49.8 Å². The lowest BCUT2D eigenvalue weighted by atomic mass is 9.85. The second-order valence-electron chi connectivity index (χ2n) is 7.13. The van der Waals surface area contributed by atoms with Crippen molar-refractivity contribution in [3.05, 3.63) is 108 Å². The normalized spacial score (nSPS) is 12.6. The number of nitriles is 1. The van der Waals surface area contributed by atoms with Gasteiger partial charge in [-0.05, 0) is 87.0 Å². The van der Waals surface area contributed by atoms with E-state index in [0.29, 0.717) is 0 Å². The van der Waals surface area contributed by atoms with Gasteiger partial charge in [-0.1, -0.05) is 74.4 Å². The predicted octanol–water partition coefficient (Wildman–Crippen LogP) is 7.64. The first kappa shape index (κ1) is 21.6. The first-order valence-corrected chi connectivity index (χ1v) is 10.1. The van der Waals surface area contributed by atoms with E-state index in [0.717, 1.165) is 54.9 Å². The van der Waals surface area contributed by atoms with Gasteiger partial charge in [0.1, 0.15) is 11.8 Å². The SMILES string of the molecule is C=C/C(=C\C)c1cc2c(cc(C(/C=C(\N)C#N)=C/C)c3ccccc32)c(C=C)c1C=C. The van der Waals surface area contributed by atoms with Crippen LogP contribution in [0.25, 0.3) is 44.8 Å². The summed E-state index contributed by atoms with van der Waals surface area (Å²) in [6, 6.07) is 14.7. The fraction of sp³-hybridized carbons (Fsp3) is 0.0690. The number of allylic oxidation sites excluding steroid dienone is 7. The molecule has 0 amide bonds. The molecule has 3 aromatic rings. The highest BCUT2D eigenvalue weighted by Crippen LogP contribution is 2.39. The van der Waals surface area contributed by atoms with Crippen LogP contribution in [0, 0.1) is 11.3 Å². The number of benzene rings is 3. The van der Waals surface area contributed by atoms with E-state index < -0.39 is 0 Å². The zero-order valence-corrected chi connectivity index (χ0v) is 18.1. The third-order valence-electron chi connectivity index (χ3n) is 5.56. The number of rotatable bonds is 6. The molecule has 0 spiro atoms. The first-order chi connectivity index (χ1) is 15.0. The third-order valence-corrected chi connectivity index (χ3v) is 5.56. The minimum absolute atomic E-state index is 0.173. The van der Waals surface area contributed by atoms with Gasteiger partial charge in [0.15, 0.2) is 0 Å². The van der Waals surface area contributed by atoms with Crippen LogP contribution in [0.2, 0.25) is 0 Å². The molecule has 3 rings (SSSR count). The molecule has 31 heavy (non-hydrogen) atoms. The van der Waals surface area contributed by atoms with Crippen LogP contribution in [0.3, 0.4) is 0 Å². The summed E-state index contributed by atoms with van der Waals surface area (Å²) in [5, 5.41) is 13.6. The molecule has 0 aliphatic carbocycles. The molecular formula is C29H26N2. The van der Waals surface area contributed by atoms with Crippen LogP contribution in [-0.2, 0) is 0 Å². The molecule has 2 heteroatoms. The molecule has 0 bridgehead atoms. The van der Waals surface area contributed by atoms with E-state index in [1.807, 2.05) is 56.4 Å². The van der Waals surface area contributed by atoms with E-state index in [1.54, 1.807) is 6.08 Å². The van der Waals surface area contributed by atoms with Crippen molar-refractivity contribution in [2.24, 2.45) is 5.73 Å². The Morgan fingerprint density at radius 1 is 0.839 bits per heavy atom. The van der Waals surface area contributed by atoms with Gasteiger partial charge in [-0.25, -0.2) is 0 Å². The Morgan fingerprint density at radius 2 is 1.45 bits per heavy atom. The average molecular weight is 403 g/mol. The molecule has 0 unspecified atom stereocenters. The van der Waals surface area contributed by atoms with Gasteiger partial charge in [-0.3, -0.25) is 0 Å². The Bertz CT molecular complexity index is 1360. The standard InChI is InChI=1S/C29H26N2/c1-6-19(7-2)26-16-29-25-14-12-11-13-24(25)27(20(8-3)15-21(31)18-30)17-28(29)23(10-5)22(26)9-4/h6-17H,1,4-5,31H2,2-3H3/b19-7+,20-8+,21-15-. The molecule has 2 N–H and O–H groups in total. The number of hydrogen-bond acceptors (Lipinski definition) is 2. The van der Waals surface area contributed by atoms with Crippen LogP contribution in [0.15, 0.2) is 86.1 Å². The van der Waals surface area contributed by atoms with Gasteiger partial charge in [0.2, 0.25) is 0 Å². The maximum atomic E-state index is 9.18. The molecule has 3 aromatic carbocycles. The minimum atomic E-state index is 0.173. The number of fused-ring (bicyclic) bond motifs is 3. The zero-order valence-electron chi connectivity index (χ0n) is 18.1. The highest BCUT2D eigenvalue weighted by molar-refractivity contribution is 6.16. The van der Waals surface area contributed by atoms with Gasteiger partial charge >= 0.3 is 0 Å². The highest BCUT2D eigenvalue weighted by Gasteiger charge is 2.16. The lowest BCUT2D eigenvalue weighted by Gasteiger charge is -2.18. The quantitative estimate of drug-likeness (QED) is 0.262. The molecule has 0 aliphatic rings. The lowest BCUT2D eigenvalue weighted by molar-refractivity contribution is 1.39. The maximum Gasteiger partial charge on any atom is 0.117 e. The lowest BCUT2D eigenvalue weighted by Crippen LogP contribution is -1.97. The molecule has 0 fully saturated rings. The molecule has 2 nitrogen and oxygen atoms in total. The Morgan fingerprint density at radius 3 is 2.00 bits per heavy atom. The maximum absolute atomic E-state index is 9.18. The van der Waals surface area contributed by atoms with Gasteiger partial charge in [-0.2, -0.15) is 5.26 Å². The summed E-state index contributed by atoms with van der Waals surface area (Å²) in [7, 11) is 0. The van der Waals surface area contributed by atoms with Crippen molar-refractivity contribution >= 4 is 44.8 Å². The van der Waals surface area contributed by atoms with Gasteiger partial charge in [0, 0.05) is 0 Å². The molecule has 0 aromatic heterocycles. The number of nitrogens with two attached hydrogens (primary N) is 1. The molecule has 0 atom stereocenters. The summed E-state index contributed by atoms with van der Waals surface area (Å²) in [6.45, 7) is 16.1. The van der Waals surface area contributed by atoms with Crippen molar-refractivity contribution in [3.8, 4) is 6.07 Å². The van der Waals surface area contributed by atoms with Crippen LogP contribution < -0.4 is 5.73 Å². The van der Waals surface area contributed by atoms with Crippen LogP contribution >= 0.6 is 0 Å². The van der Waals surface area contributed by atoms with Crippen LogP contribution in [0.4, 0.5) is 0 Å². The van der Waals surface area contributed by atoms with Crippen molar-refractivity contribution < 1.29 is 0 Å². The van der Waals surface area contributed by atoms with E-state index in [4.69, 9.17) is 5.73 Å². The van der Waals surface area contributed by atoms with Gasteiger partial charge in [0.05, 0.1) is 0 Å². The summed E-state index contributed by atoms with van der Waals surface area (Å²) >= 11 is 0. The summed E-state index contributed by atoms with van der Waals surface area (Å²) in [5.74, 6) is 0. The fourth-order valence-electron chi connectivity index (χ4n) is 4.11. The molecule has 0 saturated heterocycles. The average Bonchev–Trinajstić information content (AvgIpc) is 2.81. The summed E-state index contributed by atoms with van der Waals surface area (Å²) in [5.41, 5.74) is 12.1.